The lowest BCUT2D eigenvalue weighted by atomic mass is 10.2. The van der Waals surface area contributed by atoms with Crippen LogP contribution in [0.4, 0.5) is 8.78 Å². The molecule has 0 aliphatic heterocycles. The van der Waals surface area contributed by atoms with E-state index in [1.807, 2.05) is 0 Å². The average molecular weight is 438 g/mol. The molecule has 0 amide bonds. The van der Waals surface area contributed by atoms with Crippen LogP contribution >= 0.6 is 12.4 Å². The summed E-state index contributed by atoms with van der Waals surface area (Å²) in [6, 6.07) is 5.67. The van der Waals surface area contributed by atoms with Crippen LogP contribution in [0.1, 0.15) is 12.0 Å². The second-order valence-electron chi connectivity index (χ2n) is 5.90. The maximum atomic E-state index is 14.4. The number of benzene rings is 1. The van der Waals surface area contributed by atoms with E-state index in [0.29, 0.717) is 0 Å². The van der Waals surface area contributed by atoms with Crippen molar-refractivity contribution in [3.05, 3.63) is 47.7 Å². The van der Waals surface area contributed by atoms with Gasteiger partial charge in [-0.25, -0.2) is 13.8 Å². The van der Waals surface area contributed by atoms with E-state index in [-0.39, 0.29) is 48.1 Å². The summed E-state index contributed by atoms with van der Waals surface area (Å²) in [5.74, 6) is -3.47. The molecule has 0 saturated heterocycles. The van der Waals surface area contributed by atoms with E-state index < -0.39 is 29.5 Å². The summed E-state index contributed by atoms with van der Waals surface area (Å²) in [4.78, 5) is 15.4. The van der Waals surface area contributed by atoms with E-state index in [1.165, 1.54) is 12.1 Å². The zero-order valence-electron chi connectivity index (χ0n) is 15.1. The molecule has 1 unspecified atom stereocenters. The number of carboxylic acids is 1. The van der Waals surface area contributed by atoms with Crippen molar-refractivity contribution in [2.75, 3.05) is 0 Å². The molecule has 0 aliphatic rings. The van der Waals surface area contributed by atoms with Gasteiger partial charge in [0.1, 0.15) is 6.07 Å². The van der Waals surface area contributed by atoms with Gasteiger partial charge in [-0.1, -0.05) is 0 Å². The van der Waals surface area contributed by atoms with Crippen molar-refractivity contribution in [2.24, 2.45) is 5.73 Å². The Kier molecular flexibility index (Phi) is 7.29. The van der Waals surface area contributed by atoms with Crippen molar-refractivity contribution < 1.29 is 23.4 Å². The standard InChI is InChI=1S/C17H13F2N7O3.ClH/c18-12-4-10(16-23-25-26(24-16)8-11(21)5-15(27)28)1-2-14(12)29-17-13(19)3-9(6-20)7-22-17;/h1-4,7,11H,5,8,21H2,(H,27,28);1H. The Hall–Kier alpha value is -3.69. The number of tetrazole rings is 1. The number of aliphatic carboxylic acids is 1. The zero-order valence-corrected chi connectivity index (χ0v) is 15.9. The van der Waals surface area contributed by atoms with Gasteiger partial charge in [-0.05, 0) is 29.5 Å². The Morgan fingerprint density at radius 1 is 1.33 bits per heavy atom. The highest BCUT2D eigenvalue weighted by Crippen LogP contribution is 2.28. The first-order valence-corrected chi connectivity index (χ1v) is 8.14. The monoisotopic (exact) mass is 437 g/mol. The highest BCUT2D eigenvalue weighted by molar-refractivity contribution is 5.85. The first-order chi connectivity index (χ1) is 13.9. The molecule has 2 heterocycles. The molecule has 0 saturated carbocycles. The summed E-state index contributed by atoms with van der Waals surface area (Å²) in [6.45, 7) is 0.0205. The smallest absolute Gasteiger partial charge is 0.304 e. The van der Waals surface area contributed by atoms with E-state index >= 15 is 0 Å². The predicted molar refractivity (Wildman–Crippen MR) is 99.7 cm³/mol. The molecule has 3 N–H and O–H groups in total. The number of aromatic nitrogens is 5. The molecule has 2 aromatic heterocycles. The molecule has 3 aromatic rings. The highest BCUT2D eigenvalue weighted by Gasteiger charge is 2.15. The molecule has 30 heavy (non-hydrogen) atoms. The highest BCUT2D eigenvalue weighted by atomic mass is 35.5. The molecule has 0 aliphatic carbocycles. The summed E-state index contributed by atoms with van der Waals surface area (Å²) in [5.41, 5.74) is 5.93. The Bertz CT molecular complexity index is 1100. The van der Waals surface area contributed by atoms with Crippen LogP contribution < -0.4 is 10.5 Å². The summed E-state index contributed by atoms with van der Waals surface area (Å²) >= 11 is 0. The number of nitrogens with two attached hydrogens (primary N) is 1. The van der Waals surface area contributed by atoms with Crippen molar-refractivity contribution in [3.8, 4) is 29.1 Å². The molecule has 0 bridgehead atoms. The lowest BCUT2D eigenvalue weighted by Crippen LogP contribution is -2.30. The molecule has 1 atom stereocenters. The summed E-state index contributed by atoms with van der Waals surface area (Å²) in [6.07, 6.45) is 0.833. The minimum absolute atomic E-state index is 0. The molecule has 3 rings (SSSR count). The number of nitriles is 1. The van der Waals surface area contributed by atoms with E-state index in [9.17, 15) is 13.6 Å². The Morgan fingerprint density at radius 2 is 2.10 bits per heavy atom. The number of nitrogens with zero attached hydrogens (tertiary/aromatic N) is 6. The maximum absolute atomic E-state index is 14.4. The fourth-order valence-corrected chi connectivity index (χ4v) is 2.32. The number of carbonyl (C=O) groups is 1. The number of pyridine rings is 1. The van der Waals surface area contributed by atoms with Gasteiger partial charge in [-0.3, -0.25) is 4.79 Å². The van der Waals surface area contributed by atoms with Crippen LogP contribution in [0.25, 0.3) is 11.4 Å². The number of hydrogen-bond acceptors (Lipinski definition) is 8. The van der Waals surface area contributed by atoms with Gasteiger partial charge in [0.2, 0.25) is 5.82 Å². The van der Waals surface area contributed by atoms with Gasteiger partial charge in [-0.15, -0.1) is 22.6 Å². The molecule has 10 nitrogen and oxygen atoms in total. The molecule has 1 aromatic carbocycles. The van der Waals surface area contributed by atoms with Crippen LogP contribution in [0.5, 0.6) is 11.6 Å². The molecule has 0 fully saturated rings. The lowest BCUT2D eigenvalue weighted by Gasteiger charge is -2.07. The third-order valence-electron chi connectivity index (χ3n) is 3.62. The number of carboxylic acid groups (broad SMARTS) is 1. The minimum atomic E-state index is -1.05. The van der Waals surface area contributed by atoms with Crippen LogP contribution in [-0.4, -0.2) is 42.3 Å². The van der Waals surface area contributed by atoms with Gasteiger partial charge in [0.05, 0.1) is 18.5 Å². The first-order valence-electron chi connectivity index (χ1n) is 8.14. The molecule has 13 heteroatoms. The van der Waals surface area contributed by atoms with E-state index in [2.05, 4.69) is 20.4 Å². The van der Waals surface area contributed by atoms with Gasteiger partial charge in [0, 0.05) is 17.8 Å². The Morgan fingerprint density at radius 3 is 2.73 bits per heavy atom. The van der Waals surface area contributed by atoms with Gasteiger partial charge in [-0.2, -0.15) is 10.1 Å². The van der Waals surface area contributed by atoms with Crippen LogP contribution in [0, 0.1) is 23.0 Å². The quantitative estimate of drug-likeness (QED) is 0.564. The SMILES string of the molecule is Cl.N#Cc1cnc(Oc2ccc(-c3nnn(CC(N)CC(=O)O)n3)cc2F)c(F)c1. The van der Waals surface area contributed by atoms with Crippen LogP contribution in [0.2, 0.25) is 0 Å². The van der Waals surface area contributed by atoms with Gasteiger partial charge in [0.15, 0.2) is 17.4 Å². The largest absolute Gasteiger partial charge is 0.481 e. The summed E-state index contributed by atoms with van der Waals surface area (Å²) < 4.78 is 33.3. The van der Waals surface area contributed by atoms with E-state index in [0.717, 1.165) is 23.1 Å². The first kappa shape index (κ1) is 22.6. The normalized spacial score (nSPS) is 11.3. The van der Waals surface area contributed by atoms with Crippen LogP contribution in [0.15, 0.2) is 30.5 Å². The summed E-state index contributed by atoms with van der Waals surface area (Å²) in [7, 11) is 0. The van der Waals surface area contributed by atoms with Crippen molar-refractivity contribution in [2.45, 2.75) is 19.0 Å². The van der Waals surface area contributed by atoms with Crippen molar-refractivity contribution in [3.63, 3.8) is 0 Å². The van der Waals surface area contributed by atoms with Crippen LogP contribution in [-0.2, 0) is 11.3 Å². The third-order valence-corrected chi connectivity index (χ3v) is 3.62. The number of halogens is 3. The van der Waals surface area contributed by atoms with Gasteiger partial charge < -0.3 is 15.6 Å². The molecular formula is C17H14ClF2N7O3. The van der Waals surface area contributed by atoms with Gasteiger partial charge in [0.25, 0.3) is 5.88 Å². The van der Waals surface area contributed by atoms with Crippen molar-refractivity contribution >= 4 is 18.4 Å². The molecular weight excluding hydrogens is 424 g/mol. The van der Waals surface area contributed by atoms with Gasteiger partial charge >= 0.3 is 5.97 Å². The zero-order chi connectivity index (χ0) is 21.0. The lowest BCUT2D eigenvalue weighted by molar-refractivity contribution is -0.137. The second kappa shape index (κ2) is 9.68. The van der Waals surface area contributed by atoms with Crippen molar-refractivity contribution in [1.82, 2.24) is 25.2 Å². The predicted octanol–water partition coefficient (Wildman–Crippen LogP) is 1.90. The Labute approximate surface area is 174 Å². The van der Waals surface area contributed by atoms with E-state index in [1.54, 1.807) is 6.07 Å². The van der Waals surface area contributed by atoms with Crippen LogP contribution in [0.3, 0.4) is 0 Å². The molecule has 0 spiro atoms. The molecule has 156 valence electrons. The maximum Gasteiger partial charge on any atom is 0.304 e. The number of rotatable bonds is 7. The number of hydrogen-bond donors (Lipinski definition) is 2. The number of ether oxygens (including phenoxy) is 1. The third kappa shape index (κ3) is 5.43. The minimum Gasteiger partial charge on any atom is -0.481 e. The summed E-state index contributed by atoms with van der Waals surface area (Å²) in [5, 5.41) is 29.0. The Balaban J connectivity index is 0.00000320. The average Bonchev–Trinajstić information content (AvgIpc) is 3.12. The van der Waals surface area contributed by atoms with E-state index in [4.69, 9.17) is 20.8 Å². The fourth-order valence-electron chi connectivity index (χ4n) is 2.32. The fraction of sp³-hybridized carbons (Fsp3) is 0.176. The molecule has 0 radical (unpaired) electrons. The second-order valence-corrected chi connectivity index (χ2v) is 5.90. The van der Waals surface area contributed by atoms with Crippen molar-refractivity contribution in [1.29, 1.82) is 5.26 Å². The topological polar surface area (TPSA) is 153 Å².